The summed E-state index contributed by atoms with van der Waals surface area (Å²) in [6.45, 7) is 1.91. The monoisotopic (exact) mass is 316 g/mol. The number of hydrogen-bond acceptors (Lipinski definition) is 3. The van der Waals surface area contributed by atoms with Gasteiger partial charge in [-0.1, -0.05) is 6.92 Å². The van der Waals surface area contributed by atoms with E-state index >= 15 is 0 Å². The van der Waals surface area contributed by atoms with Gasteiger partial charge >= 0.3 is 5.63 Å². The van der Waals surface area contributed by atoms with E-state index in [9.17, 15) is 13.6 Å². The van der Waals surface area contributed by atoms with Crippen molar-refractivity contribution in [1.82, 2.24) is 0 Å². The van der Waals surface area contributed by atoms with Gasteiger partial charge < -0.3 is 9.15 Å². The third-order valence-corrected chi connectivity index (χ3v) is 3.59. The number of hydrogen-bond donors (Lipinski definition) is 0. The molecule has 0 saturated carbocycles. The van der Waals surface area contributed by atoms with Crippen LogP contribution in [0, 0.1) is 11.6 Å². The fourth-order valence-electron chi connectivity index (χ4n) is 2.39. The van der Waals surface area contributed by atoms with Gasteiger partial charge in [-0.2, -0.15) is 0 Å². The summed E-state index contributed by atoms with van der Waals surface area (Å²) in [5, 5.41) is 0.840. The topological polar surface area (TPSA) is 39.4 Å². The van der Waals surface area contributed by atoms with Crippen LogP contribution in [-0.2, 0) is 13.0 Å². The zero-order chi connectivity index (χ0) is 16.4. The first-order valence-corrected chi connectivity index (χ1v) is 7.20. The first-order chi connectivity index (χ1) is 11.1. The summed E-state index contributed by atoms with van der Waals surface area (Å²) in [5.74, 6) is -0.853. The molecule has 3 nitrogen and oxygen atoms in total. The molecule has 5 heteroatoms. The van der Waals surface area contributed by atoms with E-state index in [1.165, 1.54) is 18.2 Å². The van der Waals surface area contributed by atoms with E-state index in [2.05, 4.69) is 0 Å². The van der Waals surface area contributed by atoms with Crippen molar-refractivity contribution in [2.24, 2.45) is 0 Å². The molecular weight excluding hydrogens is 302 g/mol. The summed E-state index contributed by atoms with van der Waals surface area (Å²) in [7, 11) is 0. The van der Waals surface area contributed by atoms with Crippen molar-refractivity contribution in [2.45, 2.75) is 20.0 Å². The highest BCUT2D eigenvalue weighted by Crippen LogP contribution is 2.24. The lowest BCUT2D eigenvalue weighted by atomic mass is 10.1. The van der Waals surface area contributed by atoms with Gasteiger partial charge in [0.15, 0.2) is 0 Å². The third-order valence-electron chi connectivity index (χ3n) is 3.59. The number of rotatable bonds is 4. The smallest absolute Gasteiger partial charge is 0.336 e. The fourth-order valence-corrected chi connectivity index (χ4v) is 2.39. The third kappa shape index (κ3) is 3.23. The average molecular weight is 316 g/mol. The molecule has 0 bridgehead atoms. The lowest BCUT2D eigenvalue weighted by molar-refractivity contribution is 0.299. The van der Waals surface area contributed by atoms with E-state index in [1.54, 1.807) is 18.2 Å². The number of benzene rings is 2. The SMILES string of the molecule is CCc1cc(=O)oc2cc(OCc3ccc(F)cc3F)ccc12. The van der Waals surface area contributed by atoms with Gasteiger partial charge in [0.1, 0.15) is 29.6 Å². The Hall–Kier alpha value is -2.69. The molecule has 1 aromatic heterocycles. The van der Waals surface area contributed by atoms with E-state index in [0.717, 1.165) is 17.0 Å². The second-order valence-corrected chi connectivity index (χ2v) is 5.13. The van der Waals surface area contributed by atoms with Gasteiger partial charge in [0.05, 0.1) is 0 Å². The summed E-state index contributed by atoms with van der Waals surface area (Å²) >= 11 is 0. The molecule has 3 aromatic rings. The molecule has 0 N–H and O–H groups in total. The molecule has 0 radical (unpaired) electrons. The van der Waals surface area contributed by atoms with Crippen LogP contribution in [0.1, 0.15) is 18.1 Å². The highest BCUT2D eigenvalue weighted by atomic mass is 19.1. The largest absolute Gasteiger partial charge is 0.489 e. The van der Waals surface area contributed by atoms with Crippen molar-refractivity contribution in [3.8, 4) is 5.75 Å². The summed E-state index contributed by atoms with van der Waals surface area (Å²) in [6, 6.07) is 9.91. The molecule has 3 rings (SSSR count). The Morgan fingerprint density at radius 3 is 2.61 bits per heavy atom. The number of aryl methyl sites for hydroxylation is 1. The zero-order valence-electron chi connectivity index (χ0n) is 12.4. The average Bonchev–Trinajstić information content (AvgIpc) is 2.52. The predicted molar refractivity (Wildman–Crippen MR) is 82.6 cm³/mol. The molecule has 0 amide bonds. The van der Waals surface area contributed by atoms with Crippen molar-refractivity contribution in [1.29, 1.82) is 0 Å². The van der Waals surface area contributed by atoms with Crippen LogP contribution in [0.4, 0.5) is 8.78 Å². The highest BCUT2D eigenvalue weighted by Gasteiger charge is 2.08. The van der Waals surface area contributed by atoms with E-state index < -0.39 is 17.3 Å². The Balaban J connectivity index is 1.87. The Labute approximate surface area is 131 Å². The maximum absolute atomic E-state index is 13.6. The summed E-state index contributed by atoms with van der Waals surface area (Å²) in [6.07, 6.45) is 0.711. The minimum Gasteiger partial charge on any atom is -0.489 e. The van der Waals surface area contributed by atoms with Gasteiger partial charge in [-0.15, -0.1) is 0 Å². The first kappa shape index (κ1) is 15.2. The van der Waals surface area contributed by atoms with Crippen LogP contribution in [0.2, 0.25) is 0 Å². The Morgan fingerprint density at radius 2 is 1.87 bits per heavy atom. The van der Waals surface area contributed by atoms with Crippen LogP contribution in [0.5, 0.6) is 5.75 Å². The molecule has 0 fully saturated rings. The van der Waals surface area contributed by atoms with Crippen LogP contribution < -0.4 is 10.4 Å². The molecule has 0 atom stereocenters. The molecule has 118 valence electrons. The predicted octanol–water partition coefficient (Wildman–Crippen LogP) is 4.21. The van der Waals surface area contributed by atoms with Crippen LogP contribution in [0.15, 0.2) is 51.7 Å². The Kier molecular flexibility index (Phi) is 4.10. The molecule has 2 aromatic carbocycles. The number of halogens is 2. The summed E-state index contributed by atoms with van der Waals surface area (Å²) in [5.41, 5.74) is 1.14. The van der Waals surface area contributed by atoms with Crippen LogP contribution >= 0.6 is 0 Å². The lowest BCUT2D eigenvalue weighted by Crippen LogP contribution is -2.01. The van der Waals surface area contributed by atoms with Gasteiger partial charge in [-0.25, -0.2) is 13.6 Å². The molecule has 0 aliphatic carbocycles. The van der Waals surface area contributed by atoms with Crippen molar-refractivity contribution >= 4 is 11.0 Å². The van der Waals surface area contributed by atoms with Crippen molar-refractivity contribution in [2.75, 3.05) is 0 Å². The van der Waals surface area contributed by atoms with Crippen LogP contribution in [0.3, 0.4) is 0 Å². The van der Waals surface area contributed by atoms with E-state index in [0.29, 0.717) is 17.8 Å². The van der Waals surface area contributed by atoms with E-state index in [-0.39, 0.29) is 12.2 Å². The van der Waals surface area contributed by atoms with Crippen molar-refractivity contribution < 1.29 is 17.9 Å². The van der Waals surface area contributed by atoms with E-state index in [1.807, 2.05) is 6.92 Å². The lowest BCUT2D eigenvalue weighted by Gasteiger charge is -2.09. The molecular formula is C18H14F2O3. The van der Waals surface area contributed by atoms with Crippen LogP contribution in [-0.4, -0.2) is 0 Å². The second kappa shape index (κ2) is 6.20. The fraction of sp³-hybridized carbons (Fsp3) is 0.167. The minimum atomic E-state index is -0.661. The molecule has 1 heterocycles. The molecule has 23 heavy (non-hydrogen) atoms. The standard InChI is InChI=1S/C18H14F2O3/c1-2-11-7-18(21)23-17-9-14(5-6-15(11)17)22-10-12-3-4-13(19)8-16(12)20/h3-9H,2,10H2,1H3. The highest BCUT2D eigenvalue weighted by molar-refractivity contribution is 5.81. The quantitative estimate of drug-likeness (QED) is 0.677. The maximum Gasteiger partial charge on any atom is 0.336 e. The molecule has 0 unspecified atom stereocenters. The summed E-state index contributed by atoms with van der Waals surface area (Å²) in [4.78, 5) is 11.5. The van der Waals surface area contributed by atoms with Gasteiger partial charge in [0, 0.05) is 29.1 Å². The van der Waals surface area contributed by atoms with Gasteiger partial charge in [0.25, 0.3) is 0 Å². The van der Waals surface area contributed by atoms with Gasteiger partial charge in [0.2, 0.25) is 0 Å². The normalized spacial score (nSPS) is 10.9. The second-order valence-electron chi connectivity index (χ2n) is 5.13. The van der Waals surface area contributed by atoms with E-state index in [4.69, 9.17) is 9.15 Å². The zero-order valence-corrected chi connectivity index (χ0v) is 12.4. The van der Waals surface area contributed by atoms with Crippen molar-refractivity contribution in [3.05, 3.63) is 75.6 Å². The number of ether oxygens (including phenoxy) is 1. The Morgan fingerprint density at radius 1 is 1.04 bits per heavy atom. The van der Waals surface area contributed by atoms with Gasteiger partial charge in [-0.05, 0) is 36.2 Å². The molecule has 0 aliphatic heterocycles. The number of fused-ring (bicyclic) bond motifs is 1. The Bertz CT molecular complexity index is 916. The van der Waals surface area contributed by atoms with Crippen LogP contribution in [0.25, 0.3) is 11.0 Å². The first-order valence-electron chi connectivity index (χ1n) is 7.20. The maximum atomic E-state index is 13.6. The molecule has 0 saturated heterocycles. The molecule has 0 aliphatic rings. The summed E-state index contributed by atoms with van der Waals surface area (Å²) < 4.78 is 37.1. The van der Waals surface area contributed by atoms with Crippen molar-refractivity contribution in [3.63, 3.8) is 0 Å². The molecule has 0 spiro atoms. The minimum absolute atomic E-state index is 0.0463. The van der Waals surface area contributed by atoms with Gasteiger partial charge in [-0.3, -0.25) is 0 Å².